The van der Waals surface area contributed by atoms with E-state index in [4.69, 9.17) is 9.47 Å². The lowest BCUT2D eigenvalue weighted by atomic mass is 9.78. The molecule has 0 atom stereocenters. The third-order valence-electron chi connectivity index (χ3n) is 10.7. The topological polar surface area (TPSA) is 94.1 Å². The van der Waals surface area contributed by atoms with Crippen molar-refractivity contribution in [2.24, 2.45) is 11.8 Å². The van der Waals surface area contributed by atoms with Crippen LogP contribution in [0.4, 0.5) is 0 Å². The van der Waals surface area contributed by atoms with Crippen LogP contribution in [0.2, 0.25) is 0 Å². The van der Waals surface area contributed by atoms with Crippen molar-refractivity contribution >= 4 is 0 Å². The Bertz CT molecular complexity index is 988. The monoisotopic (exact) mass is 606 g/mol. The van der Waals surface area contributed by atoms with Gasteiger partial charge in [-0.25, -0.2) is 0 Å². The van der Waals surface area contributed by atoms with Gasteiger partial charge in [0.25, 0.3) is 0 Å². The molecule has 6 rings (SSSR count). The Morgan fingerprint density at radius 1 is 0.523 bits per heavy atom. The summed E-state index contributed by atoms with van der Waals surface area (Å²) < 4.78 is 10.8. The maximum absolute atomic E-state index is 5.41. The van der Waals surface area contributed by atoms with Crippen LogP contribution in [0.5, 0.6) is 0 Å². The van der Waals surface area contributed by atoms with Crippen LogP contribution < -0.4 is 10.6 Å². The predicted molar refractivity (Wildman–Crippen MR) is 176 cm³/mol. The zero-order valence-electron chi connectivity index (χ0n) is 27.5. The number of aromatic nitrogens is 4. The summed E-state index contributed by atoms with van der Waals surface area (Å²) in [6, 6.07) is 1.37. The Morgan fingerprint density at radius 2 is 0.886 bits per heavy atom. The Kier molecular flexibility index (Phi) is 13.8. The molecule has 4 fully saturated rings. The van der Waals surface area contributed by atoms with Crippen molar-refractivity contribution in [1.82, 2.24) is 30.6 Å². The minimum Gasteiger partial charge on any atom is -0.381 e. The molecule has 2 aromatic rings. The molecule has 2 saturated heterocycles. The average molecular weight is 607 g/mol. The molecule has 44 heavy (non-hydrogen) atoms. The summed E-state index contributed by atoms with van der Waals surface area (Å²) in [5.74, 6) is 3.04. The van der Waals surface area contributed by atoms with Crippen LogP contribution in [0.15, 0.2) is 24.8 Å². The lowest BCUT2D eigenvalue weighted by Gasteiger charge is -2.29. The highest BCUT2D eigenvalue weighted by molar-refractivity contribution is 5.15. The Morgan fingerprint density at radius 3 is 1.25 bits per heavy atom. The molecule has 8 heteroatoms. The van der Waals surface area contributed by atoms with Crippen molar-refractivity contribution in [2.45, 2.75) is 128 Å². The van der Waals surface area contributed by atoms with E-state index in [1.807, 2.05) is 12.4 Å². The minimum absolute atomic E-state index is 0.633. The van der Waals surface area contributed by atoms with Crippen molar-refractivity contribution in [2.75, 3.05) is 39.5 Å². The minimum atomic E-state index is 0.633. The van der Waals surface area contributed by atoms with E-state index in [9.17, 15) is 0 Å². The van der Waals surface area contributed by atoms with Crippen molar-refractivity contribution in [3.05, 3.63) is 47.6 Å². The maximum Gasteiger partial charge on any atom is 0.0646 e. The SMILES string of the molecule is Cc1nccnc1C1CCC(CCNC2CCOCC2)CC1.Cc1nccnc1C1CCC(CCNC2CCOCC2)CC1. The Balaban J connectivity index is 0.000000175. The van der Waals surface area contributed by atoms with Gasteiger partial charge in [-0.2, -0.15) is 0 Å². The number of nitrogens with one attached hydrogen (secondary N) is 2. The van der Waals surface area contributed by atoms with Crippen molar-refractivity contribution in [1.29, 1.82) is 0 Å². The summed E-state index contributed by atoms with van der Waals surface area (Å²) in [5, 5.41) is 7.44. The largest absolute Gasteiger partial charge is 0.381 e. The van der Waals surface area contributed by atoms with Gasteiger partial charge in [-0.15, -0.1) is 0 Å². The van der Waals surface area contributed by atoms with Crippen LogP contribution in [-0.4, -0.2) is 71.5 Å². The summed E-state index contributed by atoms with van der Waals surface area (Å²) >= 11 is 0. The Labute approximate surface area is 266 Å². The standard InChI is InChI=1S/2C18H29N3O/c2*1-14-18(21-11-10-19-14)16-4-2-15(3-5-16)6-9-20-17-7-12-22-13-8-17/h2*10-11,15-17,20H,2-9,12-13H2,1H3. The smallest absolute Gasteiger partial charge is 0.0646 e. The second-order valence-electron chi connectivity index (χ2n) is 13.7. The lowest BCUT2D eigenvalue weighted by Crippen LogP contribution is -2.36. The van der Waals surface area contributed by atoms with Gasteiger partial charge in [0, 0.05) is 75.1 Å². The number of hydrogen-bond acceptors (Lipinski definition) is 8. The lowest BCUT2D eigenvalue weighted by molar-refractivity contribution is 0.0773. The zero-order chi connectivity index (χ0) is 30.4. The van der Waals surface area contributed by atoms with E-state index in [-0.39, 0.29) is 0 Å². The zero-order valence-corrected chi connectivity index (χ0v) is 27.5. The Hall–Kier alpha value is -2.00. The first-order valence-electron chi connectivity index (χ1n) is 17.8. The second-order valence-corrected chi connectivity index (χ2v) is 13.7. The van der Waals surface area contributed by atoms with Crippen LogP contribution in [0.25, 0.3) is 0 Å². The van der Waals surface area contributed by atoms with E-state index in [0.29, 0.717) is 23.9 Å². The summed E-state index contributed by atoms with van der Waals surface area (Å²) in [7, 11) is 0. The molecule has 2 saturated carbocycles. The number of aryl methyl sites for hydroxylation is 2. The molecule has 0 spiro atoms. The van der Waals surface area contributed by atoms with Gasteiger partial charge in [-0.1, -0.05) is 0 Å². The fourth-order valence-corrected chi connectivity index (χ4v) is 7.87. The summed E-state index contributed by atoms with van der Waals surface area (Å²) in [6.45, 7) is 10.2. The van der Waals surface area contributed by atoms with Crippen molar-refractivity contribution < 1.29 is 9.47 Å². The highest BCUT2D eigenvalue weighted by Crippen LogP contribution is 2.38. The summed E-state index contributed by atoms with van der Waals surface area (Å²) in [5.41, 5.74) is 4.71. The van der Waals surface area contributed by atoms with E-state index < -0.39 is 0 Å². The number of ether oxygens (including phenoxy) is 2. The average Bonchev–Trinajstić information content (AvgIpc) is 3.07. The molecular weight excluding hydrogens is 548 g/mol. The van der Waals surface area contributed by atoms with Gasteiger partial charge in [-0.3, -0.25) is 19.9 Å². The summed E-state index contributed by atoms with van der Waals surface area (Å²) in [6.07, 6.45) is 25.1. The molecule has 0 unspecified atom stereocenters. The molecule has 2 N–H and O–H groups in total. The van der Waals surface area contributed by atoms with E-state index in [1.54, 1.807) is 12.4 Å². The van der Waals surface area contributed by atoms with Crippen LogP contribution in [-0.2, 0) is 9.47 Å². The fraction of sp³-hybridized carbons (Fsp3) is 0.778. The van der Waals surface area contributed by atoms with Gasteiger partial charge >= 0.3 is 0 Å². The highest BCUT2D eigenvalue weighted by atomic mass is 16.5. The third-order valence-corrected chi connectivity index (χ3v) is 10.7. The quantitative estimate of drug-likeness (QED) is 0.319. The highest BCUT2D eigenvalue weighted by Gasteiger charge is 2.26. The molecule has 2 aromatic heterocycles. The molecule has 0 aromatic carbocycles. The first-order valence-corrected chi connectivity index (χ1v) is 17.8. The normalized spacial score (nSPS) is 27.0. The van der Waals surface area contributed by atoms with Crippen LogP contribution in [0, 0.1) is 25.7 Å². The van der Waals surface area contributed by atoms with Crippen LogP contribution in [0.1, 0.15) is 125 Å². The molecule has 2 aliphatic heterocycles. The van der Waals surface area contributed by atoms with Crippen LogP contribution in [0.3, 0.4) is 0 Å². The second kappa shape index (κ2) is 18.2. The number of hydrogen-bond donors (Lipinski definition) is 2. The first-order chi connectivity index (χ1) is 21.7. The number of rotatable bonds is 10. The van der Waals surface area contributed by atoms with Crippen molar-refractivity contribution in [3.63, 3.8) is 0 Å². The number of nitrogens with zero attached hydrogens (tertiary/aromatic N) is 4. The molecular formula is C36H58N6O2. The fourth-order valence-electron chi connectivity index (χ4n) is 7.87. The summed E-state index contributed by atoms with van der Waals surface area (Å²) in [4.78, 5) is 17.9. The molecule has 0 amide bonds. The van der Waals surface area contributed by atoms with Gasteiger partial charge in [-0.05, 0) is 129 Å². The van der Waals surface area contributed by atoms with E-state index >= 15 is 0 Å². The molecule has 2 aliphatic carbocycles. The molecule has 4 heterocycles. The third kappa shape index (κ3) is 10.5. The van der Waals surface area contributed by atoms with E-state index in [2.05, 4.69) is 44.4 Å². The molecule has 4 aliphatic rings. The molecule has 244 valence electrons. The first kappa shape index (κ1) is 33.4. The molecule has 0 bridgehead atoms. The van der Waals surface area contributed by atoms with Gasteiger partial charge in [0.05, 0.1) is 22.8 Å². The van der Waals surface area contributed by atoms with E-state index in [1.165, 1.54) is 114 Å². The van der Waals surface area contributed by atoms with Crippen LogP contribution >= 0.6 is 0 Å². The molecule has 8 nitrogen and oxygen atoms in total. The predicted octanol–water partition coefficient (Wildman–Crippen LogP) is 6.44. The van der Waals surface area contributed by atoms with Crippen molar-refractivity contribution in [3.8, 4) is 0 Å². The van der Waals surface area contributed by atoms with Gasteiger partial charge in [0.1, 0.15) is 0 Å². The maximum atomic E-state index is 5.41. The van der Waals surface area contributed by atoms with Gasteiger partial charge < -0.3 is 20.1 Å². The van der Waals surface area contributed by atoms with E-state index in [0.717, 1.165) is 49.7 Å². The van der Waals surface area contributed by atoms with Gasteiger partial charge in [0.15, 0.2) is 0 Å². The van der Waals surface area contributed by atoms with Gasteiger partial charge in [0.2, 0.25) is 0 Å². The molecule has 0 radical (unpaired) electrons.